The van der Waals surface area contributed by atoms with Gasteiger partial charge in [-0.2, -0.15) is 0 Å². The largest absolute Gasteiger partial charge is 0.312 e. The first-order chi connectivity index (χ1) is 9.38. The summed E-state index contributed by atoms with van der Waals surface area (Å²) < 4.78 is 2.38. The van der Waals surface area contributed by atoms with Crippen LogP contribution in [0.5, 0.6) is 0 Å². The van der Waals surface area contributed by atoms with Crippen molar-refractivity contribution in [2.24, 2.45) is 5.92 Å². The van der Waals surface area contributed by atoms with E-state index in [2.05, 4.69) is 27.0 Å². The molecule has 1 aromatic rings. The zero-order valence-corrected chi connectivity index (χ0v) is 12.1. The van der Waals surface area contributed by atoms with Gasteiger partial charge in [-0.05, 0) is 12.3 Å². The molecule has 1 aromatic heterocycles. The first kappa shape index (κ1) is 13.1. The third kappa shape index (κ3) is 2.83. The first-order valence-electron chi connectivity index (χ1n) is 8.04. The van der Waals surface area contributed by atoms with Crippen molar-refractivity contribution < 1.29 is 0 Å². The maximum Gasteiger partial charge on any atom is 0.150 e. The summed E-state index contributed by atoms with van der Waals surface area (Å²) in [4.78, 5) is 0. The van der Waals surface area contributed by atoms with Crippen LogP contribution in [0, 0.1) is 5.92 Å². The summed E-state index contributed by atoms with van der Waals surface area (Å²) in [6, 6.07) is 0.407. The lowest BCUT2D eigenvalue weighted by molar-refractivity contribution is 0.386. The van der Waals surface area contributed by atoms with Crippen LogP contribution in [0.1, 0.15) is 69.6 Å². The van der Waals surface area contributed by atoms with Crippen LogP contribution in [0.3, 0.4) is 0 Å². The minimum atomic E-state index is 0.407. The molecule has 0 amide bonds. The van der Waals surface area contributed by atoms with Crippen molar-refractivity contribution in [3.05, 3.63) is 11.6 Å². The van der Waals surface area contributed by atoms with E-state index in [1.165, 1.54) is 44.3 Å². The summed E-state index contributed by atoms with van der Waals surface area (Å²) >= 11 is 0. The lowest BCUT2D eigenvalue weighted by atomic mass is 9.96. The van der Waals surface area contributed by atoms with Gasteiger partial charge in [0.05, 0.1) is 6.04 Å². The predicted octanol–water partition coefficient (Wildman–Crippen LogP) is 2.85. The van der Waals surface area contributed by atoms with Crippen molar-refractivity contribution >= 4 is 0 Å². The number of hydrogen-bond donors (Lipinski definition) is 1. The molecule has 1 N–H and O–H groups in total. The second kappa shape index (κ2) is 6.04. The summed E-state index contributed by atoms with van der Waals surface area (Å²) in [6.07, 6.45) is 10.7. The summed E-state index contributed by atoms with van der Waals surface area (Å²) in [5.41, 5.74) is 0. The molecule has 0 bridgehead atoms. The Morgan fingerprint density at radius 3 is 2.68 bits per heavy atom. The van der Waals surface area contributed by atoms with E-state index in [9.17, 15) is 0 Å². The quantitative estimate of drug-likeness (QED) is 0.852. The van der Waals surface area contributed by atoms with Gasteiger partial charge >= 0.3 is 0 Å². The molecular formula is C15H26N4. The molecule has 4 nitrogen and oxygen atoms in total. The van der Waals surface area contributed by atoms with Gasteiger partial charge in [0.15, 0.2) is 0 Å². The smallest absolute Gasteiger partial charge is 0.150 e. The molecule has 106 valence electrons. The lowest BCUT2D eigenvalue weighted by Gasteiger charge is -2.24. The van der Waals surface area contributed by atoms with Gasteiger partial charge in [0, 0.05) is 19.5 Å². The molecule has 1 saturated carbocycles. The standard InChI is InChI=1S/C15H26N4/c1-2-13-15-18-17-14(19(15)10-9-16-13)11-12-7-5-3-4-6-8-12/h12-13,16H,2-11H2,1H3. The summed E-state index contributed by atoms with van der Waals surface area (Å²) in [6.45, 7) is 4.31. The van der Waals surface area contributed by atoms with E-state index in [1.807, 2.05) is 0 Å². The van der Waals surface area contributed by atoms with Gasteiger partial charge in [-0.1, -0.05) is 45.4 Å². The fourth-order valence-electron chi connectivity index (χ4n) is 3.60. The summed E-state index contributed by atoms with van der Waals surface area (Å²) in [5, 5.41) is 12.5. The van der Waals surface area contributed by atoms with Crippen LogP contribution in [-0.2, 0) is 13.0 Å². The molecule has 0 saturated heterocycles. The van der Waals surface area contributed by atoms with Gasteiger partial charge in [0.1, 0.15) is 11.6 Å². The molecule has 1 unspecified atom stereocenters. The highest BCUT2D eigenvalue weighted by Crippen LogP contribution is 2.27. The Hall–Kier alpha value is -0.900. The van der Waals surface area contributed by atoms with Crippen LogP contribution in [-0.4, -0.2) is 21.3 Å². The Balaban J connectivity index is 1.73. The maximum atomic E-state index is 4.49. The van der Waals surface area contributed by atoms with Crippen molar-refractivity contribution in [2.45, 2.75) is 70.9 Å². The van der Waals surface area contributed by atoms with E-state index >= 15 is 0 Å². The summed E-state index contributed by atoms with van der Waals surface area (Å²) in [5.74, 6) is 3.24. The van der Waals surface area contributed by atoms with Gasteiger partial charge in [-0.15, -0.1) is 10.2 Å². The second-order valence-corrected chi connectivity index (χ2v) is 6.10. The molecule has 2 aliphatic rings. The third-order valence-corrected chi connectivity index (χ3v) is 4.75. The van der Waals surface area contributed by atoms with Crippen LogP contribution in [0.25, 0.3) is 0 Å². The van der Waals surface area contributed by atoms with Gasteiger partial charge < -0.3 is 9.88 Å². The molecule has 0 radical (unpaired) electrons. The zero-order chi connectivity index (χ0) is 13.1. The molecule has 1 fully saturated rings. The molecule has 1 atom stereocenters. The number of hydrogen-bond acceptors (Lipinski definition) is 3. The number of nitrogens with one attached hydrogen (secondary N) is 1. The Kier molecular flexibility index (Phi) is 4.16. The Labute approximate surface area is 116 Å². The van der Waals surface area contributed by atoms with Crippen LogP contribution in [0.4, 0.5) is 0 Å². The van der Waals surface area contributed by atoms with E-state index in [1.54, 1.807) is 0 Å². The molecule has 1 aliphatic carbocycles. The van der Waals surface area contributed by atoms with Crippen LogP contribution >= 0.6 is 0 Å². The van der Waals surface area contributed by atoms with Gasteiger partial charge in [0.2, 0.25) is 0 Å². The number of rotatable bonds is 3. The molecule has 19 heavy (non-hydrogen) atoms. The van der Waals surface area contributed by atoms with Crippen molar-refractivity contribution in [3.8, 4) is 0 Å². The monoisotopic (exact) mass is 262 g/mol. The highest BCUT2D eigenvalue weighted by molar-refractivity contribution is 5.05. The Bertz CT molecular complexity index is 404. The van der Waals surface area contributed by atoms with E-state index in [4.69, 9.17) is 0 Å². The molecule has 1 aliphatic heterocycles. The fraction of sp³-hybridized carbons (Fsp3) is 0.867. The molecule has 3 rings (SSSR count). The van der Waals surface area contributed by atoms with Gasteiger partial charge in [0.25, 0.3) is 0 Å². The van der Waals surface area contributed by atoms with Crippen LogP contribution in [0.2, 0.25) is 0 Å². The molecule has 2 heterocycles. The average molecular weight is 262 g/mol. The highest BCUT2D eigenvalue weighted by Gasteiger charge is 2.24. The van der Waals surface area contributed by atoms with E-state index < -0.39 is 0 Å². The lowest BCUT2D eigenvalue weighted by Crippen LogP contribution is -2.34. The minimum absolute atomic E-state index is 0.407. The van der Waals surface area contributed by atoms with Crippen molar-refractivity contribution in [2.75, 3.05) is 6.54 Å². The Morgan fingerprint density at radius 2 is 1.95 bits per heavy atom. The maximum absolute atomic E-state index is 4.49. The summed E-state index contributed by atoms with van der Waals surface area (Å²) in [7, 11) is 0. The first-order valence-corrected chi connectivity index (χ1v) is 8.04. The molecule has 0 spiro atoms. The van der Waals surface area contributed by atoms with E-state index in [0.29, 0.717) is 6.04 Å². The molecule has 4 heteroatoms. The van der Waals surface area contributed by atoms with Gasteiger partial charge in [-0.3, -0.25) is 0 Å². The average Bonchev–Trinajstić information content (AvgIpc) is 2.68. The van der Waals surface area contributed by atoms with E-state index in [0.717, 1.165) is 37.7 Å². The zero-order valence-electron chi connectivity index (χ0n) is 12.1. The third-order valence-electron chi connectivity index (χ3n) is 4.75. The molecule has 0 aromatic carbocycles. The fourth-order valence-corrected chi connectivity index (χ4v) is 3.60. The SMILES string of the molecule is CCC1NCCn2c(CC3CCCCCC3)nnc21. The topological polar surface area (TPSA) is 42.7 Å². The Morgan fingerprint density at radius 1 is 1.16 bits per heavy atom. The van der Waals surface area contributed by atoms with Crippen LogP contribution < -0.4 is 5.32 Å². The predicted molar refractivity (Wildman–Crippen MR) is 76.0 cm³/mol. The van der Waals surface area contributed by atoms with Crippen molar-refractivity contribution in [1.82, 2.24) is 20.1 Å². The minimum Gasteiger partial charge on any atom is -0.312 e. The highest BCUT2D eigenvalue weighted by atomic mass is 15.3. The number of fused-ring (bicyclic) bond motifs is 1. The van der Waals surface area contributed by atoms with Crippen molar-refractivity contribution in [3.63, 3.8) is 0 Å². The normalized spacial score (nSPS) is 25.0. The second-order valence-electron chi connectivity index (χ2n) is 6.10. The van der Waals surface area contributed by atoms with Crippen LogP contribution in [0.15, 0.2) is 0 Å². The van der Waals surface area contributed by atoms with Gasteiger partial charge in [-0.25, -0.2) is 0 Å². The number of nitrogens with zero attached hydrogens (tertiary/aromatic N) is 3. The number of aromatic nitrogens is 3. The van der Waals surface area contributed by atoms with Crippen molar-refractivity contribution in [1.29, 1.82) is 0 Å². The molecular weight excluding hydrogens is 236 g/mol. The van der Waals surface area contributed by atoms with E-state index in [-0.39, 0.29) is 0 Å².